The Balaban J connectivity index is 4.18. The quantitative estimate of drug-likeness (QED) is 0.573. The highest BCUT2D eigenvalue weighted by molar-refractivity contribution is 7.98. The second kappa shape index (κ2) is 6.23. The van der Waals surface area contributed by atoms with Crippen LogP contribution in [0.15, 0.2) is 0 Å². The fraction of sp³-hybridized carbons (Fsp3) is 0.875. The maximum absolute atomic E-state index is 10.7. The van der Waals surface area contributed by atoms with Crippen LogP contribution in [-0.4, -0.2) is 47.4 Å². The molecule has 13 heavy (non-hydrogen) atoms. The van der Waals surface area contributed by atoms with Crippen molar-refractivity contribution in [3.8, 4) is 0 Å². The van der Waals surface area contributed by atoms with Gasteiger partial charge in [-0.05, 0) is 25.0 Å². The Morgan fingerprint density at radius 2 is 2.15 bits per heavy atom. The molecule has 0 aromatic rings. The fourth-order valence-electron chi connectivity index (χ4n) is 1.13. The summed E-state index contributed by atoms with van der Waals surface area (Å²) in [6.45, 7) is 1.84. The summed E-state index contributed by atoms with van der Waals surface area (Å²) in [5.41, 5.74) is 0. The maximum Gasteiger partial charge on any atom is 0.323 e. The molecular formula is C8H17NO3S. The molecule has 3 N–H and O–H groups in total. The van der Waals surface area contributed by atoms with Gasteiger partial charge in [0.2, 0.25) is 0 Å². The minimum atomic E-state index is -1.01. The molecule has 0 aliphatic heterocycles. The molecule has 0 saturated carbocycles. The van der Waals surface area contributed by atoms with Crippen molar-refractivity contribution < 1.29 is 15.0 Å². The third kappa shape index (κ3) is 3.97. The van der Waals surface area contributed by atoms with E-state index in [1.54, 1.807) is 11.8 Å². The van der Waals surface area contributed by atoms with Crippen molar-refractivity contribution in [3.05, 3.63) is 0 Å². The van der Waals surface area contributed by atoms with E-state index in [1.165, 1.54) is 7.05 Å². The van der Waals surface area contributed by atoms with Gasteiger partial charge in [-0.15, -0.1) is 0 Å². The van der Waals surface area contributed by atoms with Gasteiger partial charge in [-0.2, -0.15) is 11.8 Å². The highest BCUT2D eigenvalue weighted by atomic mass is 32.2. The lowest BCUT2D eigenvalue weighted by Crippen LogP contribution is -2.47. The highest BCUT2D eigenvalue weighted by Gasteiger charge is 2.28. The van der Waals surface area contributed by atoms with Gasteiger partial charge in [0.15, 0.2) is 0 Å². The van der Waals surface area contributed by atoms with Crippen LogP contribution >= 0.6 is 11.8 Å². The predicted molar refractivity (Wildman–Crippen MR) is 54.0 cm³/mol. The molecular weight excluding hydrogens is 190 g/mol. The van der Waals surface area contributed by atoms with E-state index in [-0.39, 0.29) is 5.92 Å². The van der Waals surface area contributed by atoms with Crippen LogP contribution in [0.25, 0.3) is 0 Å². The smallest absolute Gasteiger partial charge is 0.323 e. The van der Waals surface area contributed by atoms with Crippen molar-refractivity contribution in [2.75, 3.05) is 19.1 Å². The molecule has 0 aromatic carbocycles. The molecule has 0 aromatic heterocycles. The average molecular weight is 207 g/mol. The number of aliphatic hydroxyl groups excluding tert-OH is 1. The first kappa shape index (κ1) is 12.7. The number of thioether (sulfide) groups is 1. The van der Waals surface area contributed by atoms with Crippen LogP contribution in [-0.2, 0) is 4.79 Å². The van der Waals surface area contributed by atoms with Crippen molar-refractivity contribution in [3.63, 3.8) is 0 Å². The second-order valence-electron chi connectivity index (χ2n) is 3.03. The van der Waals surface area contributed by atoms with Crippen molar-refractivity contribution in [1.29, 1.82) is 0 Å². The second-order valence-corrected chi connectivity index (χ2v) is 3.94. The molecule has 3 atom stereocenters. The van der Waals surface area contributed by atoms with E-state index in [9.17, 15) is 9.90 Å². The first-order chi connectivity index (χ1) is 6.04. The van der Waals surface area contributed by atoms with E-state index < -0.39 is 18.1 Å². The van der Waals surface area contributed by atoms with E-state index in [1.807, 2.05) is 13.2 Å². The summed E-state index contributed by atoms with van der Waals surface area (Å²) in [6.07, 6.45) is 1.09. The molecule has 5 heteroatoms. The van der Waals surface area contributed by atoms with Crippen LogP contribution in [0.2, 0.25) is 0 Å². The van der Waals surface area contributed by atoms with Crippen molar-refractivity contribution in [2.45, 2.75) is 19.1 Å². The summed E-state index contributed by atoms with van der Waals surface area (Å²) in [4.78, 5) is 10.7. The molecule has 0 spiro atoms. The minimum absolute atomic E-state index is 0.0245. The molecule has 0 aliphatic carbocycles. The van der Waals surface area contributed by atoms with E-state index in [4.69, 9.17) is 5.11 Å². The summed E-state index contributed by atoms with van der Waals surface area (Å²) in [5.74, 6) is -0.279. The number of carbonyl (C=O) groups is 1. The molecule has 0 bridgehead atoms. The molecule has 0 amide bonds. The lowest BCUT2D eigenvalue weighted by Gasteiger charge is -2.23. The lowest BCUT2D eigenvalue weighted by atomic mass is 10.00. The molecule has 0 radical (unpaired) electrons. The lowest BCUT2D eigenvalue weighted by molar-refractivity contribution is -0.143. The average Bonchev–Trinajstić information content (AvgIpc) is 2.05. The third-order valence-electron chi connectivity index (χ3n) is 1.93. The maximum atomic E-state index is 10.7. The van der Waals surface area contributed by atoms with Gasteiger partial charge >= 0.3 is 5.97 Å². The van der Waals surface area contributed by atoms with Crippen LogP contribution in [0.4, 0.5) is 0 Å². The Morgan fingerprint density at radius 1 is 1.62 bits per heavy atom. The zero-order chi connectivity index (χ0) is 10.4. The van der Waals surface area contributed by atoms with Crippen molar-refractivity contribution in [2.24, 2.45) is 5.92 Å². The van der Waals surface area contributed by atoms with E-state index in [0.29, 0.717) is 0 Å². The highest BCUT2D eigenvalue weighted by Crippen LogP contribution is 2.12. The summed E-state index contributed by atoms with van der Waals surface area (Å²) in [7, 11) is 1.54. The zero-order valence-electron chi connectivity index (χ0n) is 8.15. The number of carboxylic acid groups (broad SMARTS) is 1. The van der Waals surface area contributed by atoms with E-state index >= 15 is 0 Å². The predicted octanol–water partition coefficient (Wildman–Crippen LogP) is 0.0190. The van der Waals surface area contributed by atoms with Crippen LogP contribution in [0.1, 0.15) is 6.92 Å². The number of nitrogens with one attached hydrogen (secondary N) is 1. The largest absolute Gasteiger partial charge is 0.480 e. The van der Waals surface area contributed by atoms with Gasteiger partial charge in [0.1, 0.15) is 6.04 Å². The molecule has 4 nitrogen and oxygen atoms in total. The molecule has 0 saturated heterocycles. The van der Waals surface area contributed by atoms with Crippen molar-refractivity contribution >= 4 is 17.7 Å². The van der Waals surface area contributed by atoms with Crippen molar-refractivity contribution in [1.82, 2.24) is 5.32 Å². The van der Waals surface area contributed by atoms with Gasteiger partial charge in [-0.25, -0.2) is 0 Å². The molecule has 0 heterocycles. The number of carboxylic acids is 1. The van der Waals surface area contributed by atoms with Gasteiger partial charge in [0, 0.05) is 0 Å². The Kier molecular flexibility index (Phi) is 6.11. The topological polar surface area (TPSA) is 69.6 Å². The molecule has 0 fully saturated rings. The molecule has 78 valence electrons. The number of likely N-dealkylation sites (N-methyl/N-ethyl adjacent to an activating group) is 1. The van der Waals surface area contributed by atoms with E-state index in [2.05, 4.69) is 5.32 Å². The van der Waals surface area contributed by atoms with Crippen LogP contribution in [0, 0.1) is 5.92 Å². The van der Waals surface area contributed by atoms with Gasteiger partial charge in [0.25, 0.3) is 0 Å². The first-order valence-electron chi connectivity index (χ1n) is 4.11. The van der Waals surface area contributed by atoms with Crippen LogP contribution < -0.4 is 5.32 Å². The Hall–Kier alpha value is -0.260. The summed E-state index contributed by atoms with van der Waals surface area (Å²) >= 11 is 1.60. The number of aliphatic carboxylic acids is 1. The van der Waals surface area contributed by atoms with E-state index in [0.717, 1.165) is 5.75 Å². The fourth-order valence-corrected chi connectivity index (χ4v) is 1.85. The zero-order valence-corrected chi connectivity index (χ0v) is 8.97. The number of hydrogen-bond donors (Lipinski definition) is 3. The third-order valence-corrected chi connectivity index (χ3v) is 2.79. The standard InChI is InChI=1S/C8H17NO3S/c1-5(4-13-3)7(10)6(9-2)8(11)12/h5-7,9-10H,4H2,1-3H3,(H,11,12)/t5-,6-,7+/m0/s1. The summed E-state index contributed by atoms with van der Waals surface area (Å²) < 4.78 is 0. The first-order valence-corrected chi connectivity index (χ1v) is 5.51. The van der Waals surface area contributed by atoms with Crippen LogP contribution in [0.5, 0.6) is 0 Å². The molecule has 0 unspecified atom stereocenters. The number of rotatable bonds is 6. The Morgan fingerprint density at radius 3 is 2.46 bits per heavy atom. The van der Waals surface area contributed by atoms with Gasteiger partial charge < -0.3 is 15.5 Å². The van der Waals surface area contributed by atoms with Gasteiger partial charge in [0.05, 0.1) is 6.10 Å². The SMILES string of the molecule is CN[C@H](C(=O)O)[C@H](O)[C@@H](C)CSC. The monoisotopic (exact) mass is 207 g/mol. The summed E-state index contributed by atoms with van der Waals surface area (Å²) in [6, 6.07) is -0.873. The molecule has 0 rings (SSSR count). The normalized spacial score (nSPS) is 17.8. The number of aliphatic hydroxyl groups is 1. The minimum Gasteiger partial charge on any atom is -0.480 e. The summed E-state index contributed by atoms with van der Waals surface area (Å²) in [5, 5.41) is 20.9. The van der Waals surface area contributed by atoms with Gasteiger partial charge in [-0.3, -0.25) is 4.79 Å². The Bertz CT molecular complexity index is 165. The molecule has 0 aliphatic rings. The van der Waals surface area contributed by atoms with Crippen LogP contribution in [0.3, 0.4) is 0 Å². The Labute approximate surface area is 82.7 Å². The number of hydrogen-bond acceptors (Lipinski definition) is 4. The van der Waals surface area contributed by atoms with Gasteiger partial charge in [-0.1, -0.05) is 6.92 Å².